The van der Waals surface area contributed by atoms with E-state index in [0.717, 1.165) is 11.1 Å². The number of hydrogen-bond donors (Lipinski definition) is 2. The minimum absolute atomic E-state index is 0.0740. The third-order valence-electron chi connectivity index (χ3n) is 2.71. The second kappa shape index (κ2) is 6.36. The molecule has 0 aliphatic carbocycles. The first-order valence-electron chi connectivity index (χ1n) is 5.91. The third kappa shape index (κ3) is 3.81. The summed E-state index contributed by atoms with van der Waals surface area (Å²) in [5.74, 6) is -0.171. The van der Waals surface area contributed by atoms with Gasteiger partial charge in [0, 0.05) is 17.1 Å². The molecule has 0 aliphatic rings. The Morgan fingerprint density at radius 3 is 2.58 bits per heavy atom. The minimum atomic E-state index is -0.171. The number of amides is 1. The number of aliphatic hydroxyl groups excluding tert-OH is 1. The fourth-order valence-electron chi connectivity index (χ4n) is 1.74. The monoisotopic (exact) mass is 275 g/mol. The third-order valence-corrected chi connectivity index (χ3v) is 2.95. The van der Waals surface area contributed by atoms with Crippen LogP contribution < -0.4 is 5.32 Å². The summed E-state index contributed by atoms with van der Waals surface area (Å²) in [6, 6.07) is 14.3. The molecule has 0 aromatic heterocycles. The second-order valence-corrected chi connectivity index (χ2v) is 4.61. The highest BCUT2D eigenvalue weighted by atomic mass is 35.5. The molecule has 98 valence electrons. The summed E-state index contributed by atoms with van der Waals surface area (Å²) >= 11 is 5.88. The second-order valence-electron chi connectivity index (χ2n) is 4.17. The molecule has 4 heteroatoms. The molecule has 0 unspecified atom stereocenters. The molecule has 0 heterocycles. The van der Waals surface area contributed by atoms with Crippen LogP contribution in [0.3, 0.4) is 0 Å². The summed E-state index contributed by atoms with van der Waals surface area (Å²) in [6.07, 6.45) is 0. The quantitative estimate of drug-likeness (QED) is 0.901. The van der Waals surface area contributed by atoms with Crippen LogP contribution in [-0.2, 0) is 13.2 Å². The molecular formula is C15H14ClNO2. The maximum Gasteiger partial charge on any atom is 0.251 e. The van der Waals surface area contributed by atoms with Crippen molar-refractivity contribution in [3.8, 4) is 0 Å². The summed E-state index contributed by atoms with van der Waals surface area (Å²) in [5, 5.41) is 12.5. The summed E-state index contributed by atoms with van der Waals surface area (Å²) in [6.45, 7) is 0.345. The Morgan fingerprint density at radius 2 is 1.84 bits per heavy atom. The average molecular weight is 276 g/mol. The lowest BCUT2D eigenvalue weighted by Crippen LogP contribution is -2.22. The normalized spacial score (nSPS) is 10.2. The lowest BCUT2D eigenvalue weighted by Gasteiger charge is -2.06. The number of nitrogens with one attached hydrogen (secondary N) is 1. The van der Waals surface area contributed by atoms with Gasteiger partial charge in [0.25, 0.3) is 5.91 Å². The zero-order valence-electron chi connectivity index (χ0n) is 10.3. The van der Waals surface area contributed by atoms with Crippen LogP contribution in [0.5, 0.6) is 0 Å². The highest BCUT2D eigenvalue weighted by molar-refractivity contribution is 6.30. The Balaban J connectivity index is 2.01. The number of halogens is 1. The van der Waals surface area contributed by atoms with Gasteiger partial charge in [-0.25, -0.2) is 0 Å². The fourth-order valence-corrected chi connectivity index (χ4v) is 1.96. The molecule has 0 bridgehead atoms. The number of aliphatic hydroxyl groups is 1. The number of rotatable bonds is 4. The van der Waals surface area contributed by atoms with Crippen molar-refractivity contribution < 1.29 is 9.90 Å². The van der Waals surface area contributed by atoms with Gasteiger partial charge in [-0.15, -0.1) is 0 Å². The Labute approximate surface area is 116 Å². The molecule has 19 heavy (non-hydrogen) atoms. The highest BCUT2D eigenvalue weighted by Gasteiger charge is 2.05. The van der Waals surface area contributed by atoms with E-state index in [0.29, 0.717) is 17.1 Å². The van der Waals surface area contributed by atoms with Crippen molar-refractivity contribution in [2.24, 2.45) is 0 Å². The zero-order chi connectivity index (χ0) is 13.7. The van der Waals surface area contributed by atoms with Crippen LogP contribution >= 0.6 is 11.6 Å². The number of carbonyl (C=O) groups is 1. The van der Waals surface area contributed by atoms with Crippen LogP contribution in [0, 0.1) is 0 Å². The summed E-state index contributed by atoms with van der Waals surface area (Å²) in [4.78, 5) is 11.9. The molecule has 0 spiro atoms. The standard InChI is InChI=1S/C15H14ClNO2/c16-14-6-2-3-11(8-14)9-17-15(19)13-5-1-4-12(7-13)10-18/h1-8,18H,9-10H2,(H,17,19). The Bertz CT molecular complexity index is 584. The molecule has 2 N–H and O–H groups in total. The van der Waals surface area contributed by atoms with Crippen molar-refractivity contribution in [2.75, 3.05) is 0 Å². The van der Waals surface area contributed by atoms with Gasteiger partial charge in [-0.3, -0.25) is 4.79 Å². The number of hydrogen-bond acceptors (Lipinski definition) is 2. The number of carbonyl (C=O) groups excluding carboxylic acids is 1. The first kappa shape index (κ1) is 13.6. The van der Waals surface area contributed by atoms with Crippen LogP contribution in [0.4, 0.5) is 0 Å². The summed E-state index contributed by atoms with van der Waals surface area (Å²) in [5.41, 5.74) is 2.20. The molecule has 0 saturated heterocycles. The van der Waals surface area contributed by atoms with E-state index in [9.17, 15) is 4.79 Å². The predicted octanol–water partition coefficient (Wildman–Crippen LogP) is 2.76. The van der Waals surface area contributed by atoms with Crippen molar-refractivity contribution in [1.82, 2.24) is 5.32 Å². The molecule has 0 radical (unpaired) electrons. The van der Waals surface area contributed by atoms with Gasteiger partial charge < -0.3 is 10.4 Å². The van der Waals surface area contributed by atoms with E-state index in [-0.39, 0.29) is 12.5 Å². The smallest absolute Gasteiger partial charge is 0.251 e. The molecule has 0 atom stereocenters. The van der Waals surface area contributed by atoms with E-state index in [2.05, 4.69) is 5.32 Å². The predicted molar refractivity (Wildman–Crippen MR) is 75.0 cm³/mol. The molecule has 1 amide bonds. The molecule has 2 rings (SSSR count). The largest absolute Gasteiger partial charge is 0.392 e. The lowest BCUT2D eigenvalue weighted by molar-refractivity contribution is 0.0950. The van der Waals surface area contributed by atoms with Crippen molar-refractivity contribution in [3.05, 3.63) is 70.2 Å². The Hall–Kier alpha value is -1.84. The van der Waals surface area contributed by atoms with Crippen molar-refractivity contribution in [3.63, 3.8) is 0 Å². The van der Waals surface area contributed by atoms with E-state index < -0.39 is 0 Å². The molecule has 0 saturated carbocycles. The van der Waals surface area contributed by atoms with Crippen LogP contribution in [0.1, 0.15) is 21.5 Å². The van der Waals surface area contributed by atoms with Crippen LogP contribution in [0.25, 0.3) is 0 Å². The van der Waals surface area contributed by atoms with E-state index in [1.165, 1.54) is 0 Å². The first-order chi connectivity index (χ1) is 9.19. The van der Waals surface area contributed by atoms with Crippen molar-refractivity contribution >= 4 is 17.5 Å². The highest BCUT2D eigenvalue weighted by Crippen LogP contribution is 2.11. The molecular weight excluding hydrogens is 262 g/mol. The number of benzene rings is 2. The van der Waals surface area contributed by atoms with Gasteiger partial charge in [-0.2, -0.15) is 0 Å². The van der Waals surface area contributed by atoms with Gasteiger partial charge in [0.15, 0.2) is 0 Å². The minimum Gasteiger partial charge on any atom is -0.392 e. The molecule has 0 aliphatic heterocycles. The first-order valence-corrected chi connectivity index (χ1v) is 6.29. The van der Waals surface area contributed by atoms with Crippen molar-refractivity contribution in [2.45, 2.75) is 13.2 Å². The Morgan fingerprint density at radius 1 is 1.11 bits per heavy atom. The van der Waals surface area contributed by atoms with Gasteiger partial charge in [-0.1, -0.05) is 35.9 Å². The van der Waals surface area contributed by atoms with Gasteiger partial charge >= 0.3 is 0 Å². The van der Waals surface area contributed by atoms with E-state index >= 15 is 0 Å². The fraction of sp³-hybridized carbons (Fsp3) is 0.133. The topological polar surface area (TPSA) is 49.3 Å². The average Bonchev–Trinajstić information content (AvgIpc) is 2.45. The van der Waals surface area contributed by atoms with Gasteiger partial charge in [-0.05, 0) is 35.4 Å². The summed E-state index contributed by atoms with van der Waals surface area (Å²) < 4.78 is 0. The molecule has 0 fully saturated rings. The van der Waals surface area contributed by atoms with Crippen LogP contribution in [0.2, 0.25) is 5.02 Å². The maximum atomic E-state index is 11.9. The summed E-state index contributed by atoms with van der Waals surface area (Å²) in [7, 11) is 0. The molecule has 2 aromatic carbocycles. The SMILES string of the molecule is O=C(NCc1cccc(Cl)c1)c1cccc(CO)c1. The maximum absolute atomic E-state index is 11.9. The lowest BCUT2D eigenvalue weighted by atomic mass is 10.1. The molecule has 2 aromatic rings. The Kier molecular flexibility index (Phi) is 4.55. The van der Waals surface area contributed by atoms with Gasteiger partial charge in [0.1, 0.15) is 0 Å². The van der Waals surface area contributed by atoms with Crippen LogP contribution in [0.15, 0.2) is 48.5 Å². The molecule has 3 nitrogen and oxygen atoms in total. The van der Waals surface area contributed by atoms with E-state index in [1.807, 2.05) is 18.2 Å². The van der Waals surface area contributed by atoms with Crippen LogP contribution in [-0.4, -0.2) is 11.0 Å². The van der Waals surface area contributed by atoms with Gasteiger partial charge in [0.2, 0.25) is 0 Å². The van der Waals surface area contributed by atoms with E-state index in [4.69, 9.17) is 16.7 Å². The van der Waals surface area contributed by atoms with E-state index in [1.54, 1.807) is 30.3 Å². The zero-order valence-corrected chi connectivity index (χ0v) is 11.0. The van der Waals surface area contributed by atoms with Gasteiger partial charge in [0.05, 0.1) is 6.61 Å². The van der Waals surface area contributed by atoms with Crippen molar-refractivity contribution in [1.29, 1.82) is 0 Å².